The molecule has 1 fully saturated rings. The van der Waals surface area contributed by atoms with Crippen molar-refractivity contribution in [2.75, 3.05) is 30.3 Å². The van der Waals surface area contributed by atoms with E-state index in [0.717, 1.165) is 41.8 Å². The van der Waals surface area contributed by atoms with E-state index in [9.17, 15) is 4.79 Å². The van der Waals surface area contributed by atoms with E-state index in [1.165, 1.54) is 0 Å². The molecule has 160 valence electrons. The molecule has 3 rings (SSSR count). The molecule has 0 radical (unpaired) electrons. The van der Waals surface area contributed by atoms with Gasteiger partial charge in [0, 0.05) is 25.7 Å². The monoisotopic (exact) mass is 419 g/mol. The van der Waals surface area contributed by atoms with Crippen molar-refractivity contribution in [1.29, 1.82) is 0 Å². The second-order valence-corrected chi connectivity index (χ2v) is 9.94. The smallest absolute Gasteiger partial charge is 0.410 e. The molecule has 0 aromatic carbocycles. The Kier molecular flexibility index (Phi) is 6.82. The molecule has 29 heavy (non-hydrogen) atoms. The number of hydrogen-bond acceptors (Lipinski definition) is 7. The summed E-state index contributed by atoms with van der Waals surface area (Å²) in [4.78, 5) is 23.4. The summed E-state index contributed by atoms with van der Waals surface area (Å²) in [5.74, 6) is 2.19. The Morgan fingerprint density at radius 3 is 2.69 bits per heavy atom. The lowest BCUT2D eigenvalue weighted by Crippen LogP contribution is -2.44. The Hall–Kier alpha value is -2.09. The quantitative estimate of drug-likeness (QED) is 0.689. The van der Waals surface area contributed by atoms with Crippen LogP contribution in [-0.2, 0) is 4.74 Å². The number of ether oxygens (including phenoxy) is 1. The van der Waals surface area contributed by atoms with Gasteiger partial charge in [-0.05, 0) is 57.4 Å². The third-order valence-electron chi connectivity index (χ3n) is 4.80. The topological polar surface area (TPSA) is 79.4 Å². The normalized spacial score (nSPS) is 15.7. The lowest BCUT2D eigenvalue weighted by molar-refractivity contribution is 0.0210. The first-order valence-corrected chi connectivity index (χ1v) is 11.3. The molecule has 2 N–H and O–H groups in total. The third-order valence-corrected chi connectivity index (χ3v) is 5.71. The first kappa shape index (κ1) is 21.6. The second kappa shape index (κ2) is 9.15. The number of piperidine rings is 1. The molecule has 0 spiro atoms. The standard InChI is InChI=1S/C21H33N5O2S/c1-14(2)6-10-22-19-24-16-9-13-29-17(16)18(25-19)23-15-7-11-26(12-8-15)20(27)28-21(3,4)5/h9,13-15H,6-8,10-12H2,1-5H3,(H2,22,23,24,25). The lowest BCUT2D eigenvalue weighted by Gasteiger charge is -2.34. The highest BCUT2D eigenvalue weighted by molar-refractivity contribution is 7.17. The summed E-state index contributed by atoms with van der Waals surface area (Å²) in [6, 6.07) is 2.31. The first-order chi connectivity index (χ1) is 13.7. The lowest BCUT2D eigenvalue weighted by atomic mass is 10.1. The summed E-state index contributed by atoms with van der Waals surface area (Å²) in [7, 11) is 0. The molecule has 1 amide bonds. The largest absolute Gasteiger partial charge is 0.444 e. The van der Waals surface area contributed by atoms with Crippen LogP contribution in [-0.4, -0.2) is 52.2 Å². The van der Waals surface area contributed by atoms with Crippen molar-refractivity contribution in [1.82, 2.24) is 14.9 Å². The van der Waals surface area contributed by atoms with Crippen LogP contribution in [0.2, 0.25) is 0 Å². The molecule has 0 atom stereocenters. The third kappa shape index (κ3) is 6.19. The Bertz CT molecular complexity index is 822. The Labute approximate surface area is 177 Å². The number of anilines is 2. The maximum atomic E-state index is 12.3. The molecule has 0 unspecified atom stereocenters. The van der Waals surface area contributed by atoms with Crippen molar-refractivity contribution in [3.05, 3.63) is 11.4 Å². The van der Waals surface area contributed by atoms with Gasteiger partial charge in [-0.2, -0.15) is 4.98 Å². The van der Waals surface area contributed by atoms with Gasteiger partial charge in [0.25, 0.3) is 0 Å². The van der Waals surface area contributed by atoms with Crippen molar-refractivity contribution in [3.8, 4) is 0 Å². The number of hydrogen-bond donors (Lipinski definition) is 2. The highest BCUT2D eigenvalue weighted by atomic mass is 32.1. The predicted octanol–water partition coefficient (Wildman–Crippen LogP) is 4.96. The minimum atomic E-state index is -0.461. The summed E-state index contributed by atoms with van der Waals surface area (Å²) in [5.41, 5.74) is 0.502. The van der Waals surface area contributed by atoms with Crippen molar-refractivity contribution in [3.63, 3.8) is 0 Å². The number of nitrogens with zero attached hydrogens (tertiary/aromatic N) is 3. The highest BCUT2D eigenvalue weighted by Gasteiger charge is 2.27. The van der Waals surface area contributed by atoms with Gasteiger partial charge in [0.1, 0.15) is 11.4 Å². The average molecular weight is 420 g/mol. The fourth-order valence-corrected chi connectivity index (χ4v) is 4.02. The van der Waals surface area contributed by atoms with Gasteiger partial charge in [-0.3, -0.25) is 0 Å². The van der Waals surface area contributed by atoms with Gasteiger partial charge in [0.2, 0.25) is 5.95 Å². The van der Waals surface area contributed by atoms with Crippen molar-refractivity contribution in [2.24, 2.45) is 5.92 Å². The van der Waals surface area contributed by atoms with Crippen LogP contribution in [0.5, 0.6) is 0 Å². The molecule has 2 aromatic rings. The van der Waals surface area contributed by atoms with Crippen LogP contribution < -0.4 is 10.6 Å². The zero-order valence-electron chi connectivity index (χ0n) is 18.1. The number of likely N-dealkylation sites (tertiary alicyclic amines) is 1. The molecule has 3 heterocycles. The van der Waals surface area contributed by atoms with Gasteiger partial charge in [-0.1, -0.05) is 13.8 Å². The van der Waals surface area contributed by atoms with E-state index in [4.69, 9.17) is 9.72 Å². The minimum Gasteiger partial charge on any atom is -0.444 e. The van der Waals surface area contributed by atoms with Gasteiger partial charge in [-0.25, -0.2) is 9.78 Å². The van der Waals surface area contributed by atoms with Gasteiger partial charge in [-0.15, -0.1) is 11.3 Å². The predicted molar refractivity (Wildman–Crippen MR) is 120 cm³/mol. The number of carbonyl (C=O) groups excluding carboxylic acids is 1. The van der Waals surface area contributed by atoms with E-state index in [0.29, 0.717) is 25.0 Å². The molecule has 0 saturated carbocycles. The molecule has 8 heteroatoms. The van der Waals surface area contributed by atoms with E-state index >= 15 is 0 Å². The van der Waals surface area contributed by atoms with Crippen molar-refractivity contribution < 1.29 is 9.53 Å². The first-order valence-electron chi connectivity index (χ1n) is 10.4. The number of fused-ring (bicyclic) bond motifs is 1. The van der Waals surface area contributed by atoms with Gasteiger partial charge in [0.15, 0.2) is 0 Å². The van der Waals surface area contributed by atoms with E-state index in [-0.39, 0.29) is 12.1 Å². The van der Waals surface area contributed by atoms with Gasteiger partial charge < -0.3 is 20.3 Å². The zero-order chi connectivity index (χ0) is 21.0. The zero-order valence-corrected chi connectivity index (χ0v) is 18.9. The SMILES string of the molecule is CC(C)CCNc1nc(NC2CCN(C(=O)OC(C)(C)C)CC2)c2sccc2n1. The maximum Gasteiger partial charge on any atom is 0.410 e. The molecule has 7 nitrogen and oxygen atoms in total. The van der Waals surface area contributed by atoms with Crippen LogP contribution in [0, 0.1) is 5.92 Å². The molecular weight excluding hydrogens is 386 g/mol. The summed E-state index contributed by atoms with van der Waals surface area (Å²) in [6.45, 7) is 12.3. The molecule has 2 aromatic heterocycles. The van der Waals surface area contributed by atoms with Crippen LogP contribution >= 0.6 is 11.3 Å². The number of rotatable bonds is 6. The van der Waals surface area contributed by atoms with E-state index in [2.05, 4.69) is 29.5 Å². The number of amides is 1. The summed E-state index contributed by atoms with van der Waals surface area (Å²) in [5, 5.41) is 9.00. The Morgan fingerprint density at radius 1 is 1.31 bits per heavy atom. The highest BCUT2D eigenvalue weighted by Crippen LogP contribution is 2.29. The van der Waals surface area contributed by atoms with Crippen molar-refractivity contribution in [2.45, 2.75) is 65.5 Å². The van der Waals surface area contributed by atoms with Gasteiger partial charge in [0.05, 0.1) is 10.2 Å². The van der Waals surface area contributed by atoms with E-state index in [1.807, 2.05) is 32.2 Å². The fourth-order valence-electron chi connectivity index (χ4n) is 3.24. The maximum absolute atomic E-state index is 12.3. The molecule has 0 bridgehead atoms. The molecule has 1 aliphatic rings. The van der Waals surface area contributed by atoms with Crippen LogP contribution in [0.15, 0.2) is 11.4 Å². The number of thiophene rings is 1. The number of nitrogens with one attached hydrogen (secondary N) is 2. The number of carbonyl (C=O) groups is 1. The van der Waals surface area contributed by atoms with E-state index < -0.39 is 5.60 Å². The summed E-state index contributed by atoms with van der Waals surface area (Å²) >= 11 is 1.65. The summed E-state index contributed by atoms with van der Waals surface area (Å²) in [6.07, 6.45) is 2.59. The van der Waals surface area contributed by atoms with Crippen LogP contribution in [0.3, 0.4) is 0 Å². The fraction of sp³-hybridized carbons (Fsp3) is 0.667. The van der Waals surface area contributed by atoms with Gasteiger partial charge >= 0.3 is 6.09 Å². The van der Waals surface area contributed by atoms with Crippen molar-refractivity contribution >= 4 is 39.4 Å². The Balaban J connectivity index is 1.61. The Morgan fingerprint density at radius 2 is 2.03 bits per heavy atom. The average Bonchev–Trinajstić information content (AvgIpc) is 3.09. The molecule has 1 aliphatic heterocycles. The molecule has 1 saturated heterocycles. The summed E-state index contributed by atoms with van der Waals surface area (Å²) < 4.78 is 6.57. The molecular formula is C21H33N5O2S. The molecule has 0 aliphatic carbocycles. The second-order valence-electron chi connectivity index (χ2n) is 9.03. The van der Waals surface area contributed by atoms with Crippen LogP contribution in [0.4, 0.5) is 16.6 Å². The van der Waals surface area contributed by atoms with Crippen LogP contribution in [0.1, 0.15) is 53.9 Å². The minimum absolute atomic E-state index is 0.227. The van der Waals surface area contributed by atoms with E-state index in [1.54, 1.807) is 16.2 Å². The number of aromatic nitrogens is 2. The van der Waals surface area contributed by atoms with Crippen LogP contribution in [0.25, 0.3) is 10.2 Å².